The highest BCUT2D eigenvalue weighted by Gasteiger charge is 2.16. The number of hydrogen-bond donors (Lipinski definition) is 1. The van der Waals surface area contributed by atoms with E-state index in [0.29, 0.717) is 32.8 Å². The lowest BCUT2D eigenvalue weighted by Crippen LogP contribution is -2.41. The molecule has 0 saturated carbocycles. The number of rotatable bonds is 9. The van der Waals surface area contributed by atoms with Crippen LogP contribution >= 0.6 is 11.6 Å². The minimum atomic E-state index is -0.114. The van der Waals surface area contributed by atoms with E-state index in [9.17, 15) is 4.79 Å². The van der Waals surface area contributed by atoms with Crippen LogP contribution in [0, 0.1) is 0 Å². The molecule has 0 atom stereocenters. The second kappa shape index (κ2) is 10.7. The Bertz CT molecular complexity index is 911. The number of aromatic nitrogens is 1. The number of benzene rings is 2. The zero-order valence-electron chi connectivity index (χ0n) is 16.6. The van der Waals surface area contributed by atoms with Crippen molar-refractivity contribution >= 4 is 17.6 Å². The molecule has 0 radical (unpaired) electrons. The minimum Gasteiger partial charge on any atom is -0.383 e. The van der Waals surface area contributed by atoms with E-state index in [1.54, 1.807) is 12.0 Å². The molecular formula is C23H26ClN3O2. The van der Waals surface area contributed by atoms with Crippen LogP contribution in [0.15, 0.2) is 72.9 Å². The van der Waals surface area contributed by atoms with Crippen LogP contribution < -0.4 is 5.32 Å². The lowest BCUT2D eigenvalue weighted by molar-refractivity contribution is 0.145. The molecule has 0 spiro atoms. The van der Waals surface area contributed by atoms with Gasteiger partial charge in [0.2, 0.25) is 0 Å². The van der Waals surface area contributed by atoms with Gasteiger partial charge in [-0.2, -0.15) is 0 Å². The molecular weight excluding hydrogens is 386 g/mol. The minimum absolute atomic E-state index is 0.114. The summed E-state index contributed by atoms with van der Waals surface area (Å²) in [6.07, 6.45) is 2.01. The third kappa shape index (κ3) is 6.11. The third-order valence-corrected chi connectivity index (χ3v) is 5.08. The molecule has 0 aliphatic rings. The van der Waals surface area contributed by atoms with Gasteiger partial charge in [0.25, 0.3) is 0 Å². The summed E-state index contributed by atoms with van der Waals surface area (Å²) in [6, 6.07) is 21.6. The summed E-state index contributed by atoms with van der Waals surface area (Å²) in [4.78, 5) is 14.6. The lowest BCUT2D eigenvalue weighted by atomic mass is 10.2. The van der Waals surface area contributed by atoms with Gasteiger partial charge in [-0.3, -0.25) is 0 Å². The van der Waals surface area contributed by atoms with Gasteiger partial charge in [-0.05, 0) is 29.3 Å². The number of urea groups is 1. The average molecular weight is 412 g/mol. The predicted octanol–water partition coefficient (Wildman–Crippen LogP) is 4.55. The fourth-order valence-electron chi connectivity index (χ4n) is 3.09. The predicted molar refractivity (Wildman–Crippen MR) is 116 cm³/mol. The first-order chi connectivity index (χ1) is 14.2. The van der Waals surface area contributed by atoms with E-state index >= 15 is 0 Å². The molecule has 1 N–H and O–H groups in total. The van der Waals surface area contributed by atoms with E-state index in [4.69, 9.17) is 16.3 Å². The highest BCUT2D eigenvalue weighted by atomic mass is 35.5. The van der Waals surface area contributed by atoms with Crippen LogP contribution in [0.2, 0.25) is 5.02 Å². The molecule has 2 aromatic carbocycles. The number of nitrogens with zero attached hydrogens (tertiary/aromatic N) is 2. The first kappa shape index (κ1) is 21.0. The molecule has 0 fully saturated rings. The highest BCUT2D eigenvalue weighted by Crippen LogP contribution is 2.18. The largest absolute Gasteiger partial charge is 0.383 e. The summed E-state index contributed by atoms with van der Waals surface area (Å²) in [7, 11) is 1.64. The van der Waals surface area contributed by atoms with Crippen molar-refractivity contribution in [1.29, 1.82) is 0 Å². The third-order valence-electron chi connectivity index (χ3n) is 4.71. The molecule has 29 heavy (non-hydrogen) atoms. The van der Waals surface area contributed by atoms with E-state index < -0.39 is 0 Å². The van der Waals surface area contributed by atoms with Gasteiger partial charge in [-0.25, -0.2) is 4.79 Å². The standard InChI is InChI=1S/C23H26ClN3O2/c1-29-15-14-27(23(28)25-16-19-8-3-2-4-9-19)18-21-11-7-13-26(21)17-20-10-5-6-12-22(20)24/h2-13H,14-18H2,1H3,(H,25,28). The number of methoxy groups -OCH3 is 1. The molecule has 0 unspecified atom stereocenters. The number of hydrogen-bond acceptors (Lipinski definition) is 2. The van der Waals surface area contributed by atoms with Gasteiger partial charge in [0.05, 0.1) is 13.2 Å². The van der Waals surface area contributed by atoms with E-state index in [0.717, 1.165) is 21.8 Å². The maximum atomic E-state index is 12.8. The monoisotopic (exact) mass is 411 g/mol. The molecule has 1 heterocycles. The smallest absolute Gasteiger partial charge is 0.318 e. The number of halogens is 1. The van der Waals surface area contributed by atoms with Crippen molar-refractivity contribution in [1.82, 2.24) is 14.8 Å². The quantitative estimate of drug-likeness (QED) is 0.561. The van der Waals surface area contributed by atoms with Gasteiger partial charge in [-0.15, -0.1) is 0 Å². The van der Waals surface area contributed by atoms with Crippen molar-refractivity contribution in [3.05, 3.63) is 94.8 Å². The van der Waals surface area contributed by atoms with Crippen molar-refractivity contribution in [3.8, 4) is 0 Å². The molecule has 0 saturated heterocycles. The Morgan fingerprint density at radius 2 is 1.83 bits per heavy atom. The molecule has 3 aromatic rings. The van der Waals surface area contributed by atoms with E-state index in [-0.39, 0.29) is 6.03 Å². The Kier molecular flexibility index (Phi) is 7.73. The molecule has 2 amide bonds. The first-order valence-corrected chi connectivity index (χ1v) is 9.98. The van der Waals surface area contributed by atoms with Gasteiger partial charge in [0.15, 0.2) is 0 Å². The Balaban J connectivity index is 1.68. The van der Waals surface area contributed by atoms with Crippen LogP contribution in [-0.2, 0) is 24.4 Å². The Labute approximate surface area is 176 Å². The van der Waals surface area contributed by atoms with Crippen molar-refractivity contribution in [3.63, 3.8) is 0 Å². The second-order valence-corrected chi connectivity index (χ2v) is 7.18. The van der Waals surface area contributed by atoms with Crippen molar-refractivity contribution in [2.24, 2.45) is 0 Å². The molecule has 0 bridgehead atoms. The number of carbonyl (C=O) groups excluding carboxylic acids is 1. The summed E-state index contributed by atoms with van der Waals surface area (Å²) < 4.78 is 7.32. The number of amides is 2. The summed E-state index contributed by atoms with van der Waals surface area (Å²) in [5.74, 6) is 0. The normalized spacial score (nSPS) is 10.7. The van der Waals surface area contributed by atoms with E-state index in [1.165, 1.54) is 0 Å². The first-order valence-electron chi connectivity index (χ1n) is 9.60. The molecule has 5 nitrogen and oxygen atoms in total. The highest BCUT2D eigenvalue weighted by molar-refractivity contribution is 6.31. The van der Waals surface area contributed by atoms with Crippen molar-refractivity contribution in [2.75, 3.05) is 20.3 Å². The van der Waals surface area contributed by atoms with Gasteiger partial charge in [0.1, 0.15) is 0 Å². The average Bonchev–Trinajstić information content (AvgIpc) is 3.18. The molecule has 6 heteroatoms. The van der Waals surface area contributed by atoms with Crippen molar-refractivity contribution in [2.45, 2.75) is 19.6 Å². The maximum Gasteiger partial charge on any atom is 0.318 e. The van der Waals surface area contributed by atoms with E-state index in [2.05, 4.69) is 9.88 Å². The SMILES string of the molecule is COCCN(Cc1cccn1Cc1ccccc1Cl)C(=O)NCc1ccccc1. The summed E-state index contributed by atoms with van der Waals surface area (Å²) >= 11 is 6.31. The lowest BCUT2D eigenvalue weighted by Gasteiger charge is -2.24. The van der Waals surface area contributed by atoms with Crippen LogP contribution in [0.3, 0.4) is 0 Å². The van der Waals surface area contributed by atoms with Crippen molar-refractivity contribution < 1.29 is 9.53 Å². The van der Waals surface area contributed by atoms with Crippen LogP contribution in [0.1, 0.15) is 16.8 Å². The zero-order chi connectivity index (χ0) is 20.5. The Morgan fingerprint density at radius 3 is 2.59 bits per heavy atom. The van der Waals surface area contributed by atoms with Crippen LogP contribution in [-0.4, -0.2) is 35.8 Å². The number of carbonyl (C=O) groups is 1. The summed E-state index contributed by atoms with van der Waals surface area (Å²) in [5, 5.41) is 3.74. The van der Waals surface area contributed by atoms with Gasteiger partial charge >= 0.3 is 6.03 Å². The molecule has 3 rings (SSSR count). The topological polar surface area (TPSA) is 46.5 Å². The van der Waals surface area contributed by atoms with Gasteiger partial charge in [-0.1, -0.05) is 60.1 Å². The van der Waals surface area contributed by atoms with Crippen LogP contribution in [0.5, 0.6) is 0 Å². The van der Waals surface area contributed by atoms with Gasteiger partial charge < -0.3 is 19.5 Å². The Hall–Kier alpha value is -2.76. The fraction of sp³-hybridized carbons (Fsp3) is 0.261. The number of ether oxygens (including phenoxy) is 1. The summed E-state index contributed by atoms with van der Waals surface area (Å²) in [5.41, 5.74) is 3.15. The zero-order valence-corrected chi connectivity index (χ0v) is 17.3. The summed E-state index contributed by atoms with van der Waals surface area (Å²) in [6.45, 7) is 2.62. The number of nitrogens with one attached hydrogen (secondary N) is 1. The molecule has 0 aliphatic carbocycles. The van der Waals surface area contributed by atoms with E-state index in [1.807, 2.05) is 72.9 Å². The fourth-order valence-corrected chi connectivity index (χ4v) is 3.29. The van der Waals surface area contributed by atoms with Crippen LogP contribution in [0.25, 0.3) is 0 Å². The van der Waals surface area contributed by atoms with Gasteiger partial charge in [0, 0.05) is 43.7 Å². The second-order valence-electron chi connectivity index (χ2n) is 6.78. The van der Waals surface area contributed by atoms with Crippen LogP contribution in [0.4, 0.5) is 4.79 Å². The Morgan fingerprint density at radius 1 is 1.07 bits per heavy atom. The molecule has 152 valence electrons. The molecule has 1 aromatic heterocycles. The molecule has 0 aliphatic heterocycles. The maximum absolute atomic E-state index is 12.8.